The SMILES string of the molecule is CCNC1CCN(c2cc(F)c3c(Nc4cc(F)c5nc(C)cn5c4)n[nH]c3c2)CC1. The molecule has 4 aromatic rings. The van der Waals surface area contributed by atoms with E-state index in [4.69, 9.17) is 0 Å². The molecule has 0 amide bonds. The van der Waals surface area contributed by atoms with Gasteiger partial charge >= 0.3 is 0 Å². The van der Waals surface area contributed by atoms with Crippen LogP contribution in [0.1, 0.15) is 25.5 Å². The molecule has 1 fully saturated rings. The monoisotopic (exact) mass is 425 g/mol. The van der Waals surface area contributed by atoms with Gasteiger partial charge in [0.2, 0.25) is 0 Å². The lowest BCUT2D eigenvalue weighted by Gasteiger charge is -2.34. The number of hydrogen-bond acceptors (Lipinski definition) is 5. The highest BCUT2D eigenvalue weighted by Crippen LogP contribution is 2.32. The Hall–Kier alpha value is -3.20. The van der Waals surface area contributed by atoms with Gasteiger partial charge in [0.1, 0.15) is 5.82 Å². The Bertz CT molecular complexity index is 1240. The van der Waals surface area contributed by atoms with Gasteiger partial charge in [-0.05, 0) is 38.4 Å². The third-order valence-electron chi connectivity index (χ3n) is 5.84. The fourth-order valence-electron chi connectivity index (χ4n) is 4.38. The number of imidazole rings is 1. The Balaban J connectivity index is 1.41. The van der Waals surface area contributed by atoms with E-state index >= 15 is 4.39 Å². The van der Waals surface area contributed by atoms with Crippen molar-refractivity contribution in [3.8, 4) is 0 Å². The van der Waals surface area contributed by atoms with Crippen LogP contribution in [0.5, 0.6) is 0 Å². The average Bonchev–Trinajstić information content (AvgIpc) is 3.32. The average molecular weight is 425 g/mol. The van der Waals surface area contributed by atoms with Crippen molar-refractivity contribution in [2.45, 2.75) is 32.7 Å². The Labute approximate surface area is 178 Å². The molecule has 1 aliphatic rings. The number of fused-ring (bicyclic) bond motifs is 2. The van der Waals surface area contributed by atoms with Gasteiger partial charge in [0.15, 0.2) is 17.3 Å². The Morgan fingerprint density at radius 2 is 1.94 bits per heavy atom. The van der Waals surface area contributed by atoms with Crippen LogP contribution in [0.15, 0.2) is 30.6 Å². The van der Waals surface area contributed by atoms with Crippen molar-refractivity contribution in [2.24, 2.45) is 0 Å². The first-order valence-corrected chi connectivity index (χ1v) is 10.6. The maximum atomic E-state index is 15.1. The molecule has 0 unspecified atom stereocenters. The summed E-state index contributed by atoms with van der Waals surface area (Å²) in [6, 6.07) is 5.34. The van der Waals surface area contributed by atoms with Crippen molar-refractivity contribution in [1.29, 1.82) is 0 Å². The first kappa shape index (κ1) is 19.7. The molecule has 1 saturated heterocycles. The van der Waals surface area contributed by atoms with Crippen molar-refractivity contribution in [1.82, 2.24) is 24.9 Å². The molecule has 4 heterocycles. The molecule has 0 aliphatic carbocycles. The molecule has 3 N–H and O–H groups in total. The van der Waals surface area contributed by atoms with Crippen LogP contribution < -0.4 is 15.5 Å². The fourth-order valence-corrected chi connectivity index (χ4v) is 4.38. The Morgan fingerprint density at radius 1 is 1.13 bits per heavy atom. The second kappa shape index (κ2) is 7.81. The summed E-state index contributed by atoms with van der Waals surface area (Å²) in [6.45, 7) is 6.64. The molecule has 1 aliphatic heterocycles. The van der Waals surface area contributed by atoms with E-state index in [1.165, 1.54) is 6.07 Å². The molecule has 162 valence electrons. The highest BCUT2D eigenvalue weighted by atomic mass is 19.1. The lowest BCUT2D eigenvalue weighted by atomic mass is 10.0. The van der Waals surface area contributed by atoms with Gasteiger partial charge in [0.05, 0.1) is 22.3 Å². The number of nitrogens with zero attached hydrogens (tertiary/aromatic N) is 4. The summed E-state index contributed by atoms with van der Waals surface area (Å²) in [5.41, 5.74) is 2.88. The van der Waals surface area contributed by atoms with Gasteiger partial charge in [-0.3, -0.25) is 5.10 Å². The van der Waals surface area contributed by atoms with Gasteiger partial charge in [-0.2, -0.15) is 5.10 Å². The lowest BCUT2D eigenvalue weighted by Crippen LogP contribution is -2.42. The normalized spacial score (nSPS) is 15.3. The zero-order chi connectivity index (χ0) is 21.5. The number of hydrogen-bond donors (Lipinski definition) is 3. The summed E-state index contributed by atoms with van der Waals surface area (Å²) in [4.78, 5) is 6.36. The Morgan fingerprint density at radius 3 is 2.71 bits per heavy atom. The fraction of sp³-hybridized carbons (Fsp3) is 0.364. The molecule has 3 aromatic heterocycles. The van der Waals surface area contributed by atoms with Crippen LogP contribution in [-0.4, -0.2) is 45.3 Å². The van der Waals surface area contributed by atoms with Crippen LogP contribution in [0.2, 0.25) is 0 Å². The van der Waals surface area contributed by atoms with E-state index < -0.39 is 5.82 Å². The summed E-state index contributed by atoms with van der Waals surface area (Å²) in [5.74, 6) is -0.500. The number of nitrogens with one attached hydrogen (secondary N) is 3. The molecule has 0 spiro atoms. The van der Waals surface area contributed by atoms with Gasteiger partial charge < -0.3 is 19.9 Å². The number of rotatable bonds is 5. The number of anilines is 3. The van der Waals surface area contributed by atoms with E-state index in [-0.39, 0.29) is 11.5 Å². The zero-order valence-corrected chi connectivity index (χ0v) is 17.5. The number of benzene rings is 1. The van der Waals surface area contributed by atoms with E-state index in [9.17, 15) is 4.39 Å². The van der Waals surface area contributed by atoms with Crippen LogP contribution in [0, 0.1) is 18.6 Å². The molecule has 0 bridgehead atoms. The second-order valence-corrected chi connectivity index (χ2v) is 8.06. The molecular formula is C22H25F2N7. The topological polar surface area (TPSA) is 73.3 Å². The van der Waals surface area contributed by atoms with Crippen LogP contribution in [0.4, 0.5) is 26.0 Å². The molecule has 31 heavy (non-hydrogen) atoms. The van der Waals surface area contributed by atoms with E-state index in [0.29, 0.717) is 34.1 Å². The minimum absolute atomic E-state index is 0.253. The zero-order valence-electron chi connectivity index (χ0n) is 17.5. The molecule has 5 rings (SSSR count). The molecule has 9 heteroatoms. The maximum Gasteiger partial charge on any atom is 0.173 e. The van der Waals surface area contributed by atoms with Gasteiger partial charge in [0.25, 0.3) is 0 Å². The molecule has 0 radical (unpaired) electrons. The van der Waals surface area contributed by atoms with Crippen molar-refractivity contribution >= 4 is 33.7 Å². The van der Waals surface area contributed by atoms with E-state index in [0.717, 1.165) is 38.2 Å². The molecular weight excluding hydrogens is 400 g/mol. The van der Waals surface area contributed by atoms with Crippen LogP contribution in [0.25, 0.3) is 16.6 Å². The summed E-state index contributed by atoms with van der Waals surface area (Å²) in [6.07, 6.45) is 5.51. The van der Waals surface area contributed by atoms with Gasteiger partial charge in [-0.25, -0.2) is 13.8 Å². The smallest absolute Gasteiger partial charge is 0.173 e. The third kappa shape index (κ3) is 3.69. The summed E-state index contributed by atoms with van der Waals surface area (Å²) < 4.78 is 31.1. The van der Waals surface area contributed by atoms with Crippen molar-refractivity contribution < 1.29 is 8.78 Å². The minimum Gasteiger partial charge on any atom is -0.371 e. The van der Waals surface area contributed by atoms with Crippen molar-refractivity contribution in [3.05, 3.63) is 47.9 Å². The standard InChI is InChI=1S/C22H25F2N7/c1-3-25-14-4-6-30(7-5-14)16-9-17(23)20-19(10-16)28-29-21(20)27-15-8-18(24)22-26-13(2)11-31(22)12-15/h8-12,14,25H,3-7H2,1-2H3,(H2,27,28,29). The predicted octanol–water partition coefficient (Wildman–Crippen LogP) is 4.12. The third-order valence-corrected chi connectivity index (χ3v) is 5.84. The maximum absolute atomic E-state index is 15.1. The number of halogens is 2. The van der Waals surface area contributed by atoms with Crippen LogP contribution in [-0.2, 0) is 0 Å². The van der Waals surface area contributed by atoms with E-state index in [1.54, 1.807) is 29.8 Å². The largest absolute Gasteiger partial charge is 0.371 e. The number of H-pyrrole nitrogens is 1. The quantitative estimate of drug-likeness (QED) is 0.449. The number of piperidine rings is 1. The van der Waals surface area contributed by atoms with E-state index in [2.05, 4.69) is 37.6 Å². The van der Waals surface area contributed by atoms with Gasteiger partial charge in [0, 0.05) is 43.3 Å². The number of aryl methyl sites for hydroxylation is 1. The first-order chi connectivity index (χ1) is 15.0. The summed E-state index contributed by atoms with van der Waals surface area (Å²) in [5, 5.41) is 14.0. The second-order valence-electron chi connectivity index (χ2n) is 8.06. The summed E-state index contributed by atoms with van der Waals surface area (Å²) >= 11 is 0. The van der Waals surface area contributed by atoms with Gasteiger partial charge in [-0.15, -0.1) is 0 Å². The van der Waals surface area contributed by atoms with Crippen LogP contribution in [0.3, 0.4) is 0 Å². The van der Waals surface area contributed by atoms with E-state index in [1.807, 2.05) is 6.07 Å². The Kier molecular flexibility index (Phi) is 4.97. The van der Waals surface area contributed by atoms with Crippen molar-refractivity contribution in [2.75, 3.05) is 29.9 Å². The summed E-state index contributed by atoms with van der Waals surface area (Å²) in [7, 11) is 0. The lowest BCUT2D eigenvalue weighted by molar-refractivity contribution is 0.424. The van der Waals surface area contributed by atoms with Crippen LogP contribution >= 0.6 is 0 Å². The molecule has 1 aromatic carbocycles. The predicted molar refractivity (Wildman–Crippen MR) is 118 cm³/mol. The minimum atomic E-state index is -0.457. The number of pyridine rings is 1. The molecule has 0 atom stereocenters. The highest BCUT2D eigenvalue weighted by molar-refractivity contribution is 5.94. The van der Waals surface area contributed by atoms with Crippen molar-refractivity contribution in [3.63, 3.8) is 0 Å². The number of aromatic amines is 1. The molecule has 7 nitrogen and oxygen atoms in total. The molecule has 0 saturated carbocycles. The van der Waals surface area contributed by atoms with Gasteiger partial charge in [-0.1, -0.05) is 6.92 Å². The first-order valence-electron chi connectivity index (χ1n) is 10.6. The highest BCUT2D eigenvalue weighted by Gasteiger charge is 2.21. The number of aromatic nitrogens is 4.